The van der Waals surface area contributed by atoms with Gasteiger partial charge in [-0.3, -0.25) is 10.00 Å². The first-order valence-corrected chi connectivity index (χ1v) is 9.50. The number of morpholine rings is 1. The third-order valence-electron chi connectivity index (χ3n) is 3.46. The van der Waals surface area contributed by atoms with E-state index in [1.807, 2.05) is 17.5 Å². The zero-order chi connectivity index (χ0) is 15.4. The lowest BCUT2D eigenvalue weighted by molar-refractivity contribution is -0.0191. The summed E-state index contributed by atoms with van der Waals surface area (Å²) < 4.78 is 5.86. The summed E-state index contributed by atoms with van der Waals surface area (Å²) in [6, 6.07) is 4.07. The first-order valence-electron chi connectivity index (χ1n) is 7.63. The van der Waals surface area contributed by atoms with E-state index in [9.17, 15) is 0 Å². The summed E-state index contributed by atoms with van der Waals surface area (Å²) in [5.74, 6) is 2.45. The fourth-order valence-electron chi connectivity index (χ4n) is 2.57. The number of ether oxygens (including phenoxy) is 1. The zero-order valence-electron chi connectivity index (χ0n) is 13.0. The molecule has 5 nitrogen and oxygen atoms in total. The Morgan fingerprint density at radius 3 is 3.23 bits per heavy atom. The van der Waals surface area contributed by atoms with E-state index in [1.54, 1.807) is 23.1 Å². The predicted octanol–water partition coefficient (Wildman–Crippen LogP) is 2.98. The average Bonchev–Trinajstić information content (AvgIpc) is 3.16. The number of nitrogens with zero attached hydrogens (tertiary/aromatic N) is 3. The second-order valence-electron chi connectivity index (χ2n) is 5.90. The molecule has 0 spiro atoms. The maximum absolute atomic E-state index is 5.86. The smallest absolute Gasteiger partial charge is 0.208 e. The summed E-state index contributed by atoms with van der Waals surface area (Å²) >= 11 is 3.33. The van der Waals surface area contributed by atoms with Crippen LogP contribution >= 0.6 is 23.1 Å². The SMILES string of the molecule is CC(C)CN1CCO[C@H](CSc2n[nH]c(-c3cccs3)n2)C1. The Morgan fingerprint density at radius 2 is 2.45 bits per heavy atom. The van der Waals surface area contributed by atoms with Crippen LogP contribution in [0.15, 0.2) is 22.7 Å². The molecule has 2 aromatic rings. The van der Waals surface area contributed by atoms with Crippen LogP contribution in [0.5, 0.6) is 0 Å². The van der Waals surface area contributed by atoms with Crippen LogP contribution in [0.1, 0.15) is 13.8 Å². The molecule has 1 aliphatic rings. The Bertz CT molecular complexity index is 570. The molecule has 120 valence electrons. The second kappa shape index (κ2) is 7.59. The van der Waals surface area contributed by atoms with Crippen molar-refractivity contribution in [2.75, 3.05) is 32.0 Å². The average molecular weight is 339 g/mol. The van der Waals surface area contributed by atoms with Crippen molar-refractivity contribution in [2.45, 2.75) is 25.1 Å². The second-order valence-corrected chi connectivity index (χ2v) is 7.84. The molecular weight excluding hydrogens is 316 g/mol. The Labute approximate surface area is 139 Å². The molecule has 1 atom stereocenters. The van der Waals surface area contributed by atoms with Gasteiger partial charge in [0.1, 0.15) is 0 Å². The molecule has 0 unspecified atom stereocenters. The lowest BCUT2D eigenvalue weighted by Crippen LogP contribution is -2.44. The van der Waals surface area contributed by atoms with Crippen LogP contribution in [0, 0.1) is 5.92 Å². The van der Waals surface area contributed by atoms with Gasteiger partial charge in [0.2, 0.25) is 5.16 Å². The van der Waals surface area contributed by atoms with Crippen molar-refractivity contribution < 1.29 is 4.74 Å². The van der Waals surface area contributed by atoms with Crippen LogP contribution in [0.2, 0.25) is 0 Å². The number of hydrogen-bond donors (Lipinski definition) is 1. The molecule has 0 amide bonds. The topological polar surface area (TPSA) is 54.0 Å². The van der Waals surface area contributed by atoms with Gasteiger partial charge in [-0.05, 0) is 17.4 Å². The minimum absolute atomic E-state index is 0.265. The molecule has 2 aromatic heterocycles. The van der Waals surface area contributed by atoms with Crippen molar-refractivity contribution >= 4 is 23.1 Å². The number of H-pyrrole nitrogens is 1. The van der Waals surface area contributed by atoms with E-state index < -0.39 is 0 Å². The van der Waals surface area contributed by atoms with Gasteiger partial charge < -0.3 is 4.74 Å². The molecule has 7 heteroatoms. The standard InChI is InChI=1S/C15H22N4OS2/c1-11(2)8-19-5-6-20-12(9-19)10-22-15-16-14(17-18-15)13-4-3-7-21-13/h3-4,7,11-12H,5-6,8-10H2,1-2H3,(H,16,17,18)/t12-/m0/s1. The maximum atomic E-state index is 5.86. The third-order valence-corrected chi connectivity index (χ3v) is 5.32. The Balaban J connectivity index is 1.50. The minimum Gasteiger partial charge on any atom is -0.375 e. The van der Waals surface area contributed by atoms with Gasteiger partial charge in [0, 0.05) is 25.4 Å². The van der Waals surface area contributed by atoms with Gasteiger partial charge in [-0.2, -0.15) is 0 Å². The molecule has 1 saturated heterocycles. The predicted molar refractivity (Wildman–Crippen MR) is 91.4 cm³/mol. The summed E-state index contributed by atoms with van der Waals surface area (Å²) in [7, 11) is 0. The first-order chi connectivity index (χ1) is 10.7. The highest BCUT2D eigenvalue weighted by Crippen LogP contribution is 2.24. The largest absolute Gasteiger partial charge is 0.375 e. The molecule has 3 heterocycles. The van der Waals surface area contributed by atoms with E-state index in [0.717, 1.165) is 47.9 Å². The van der Waals surface area contributed by atoms with Crippen molar-refractivity contribution in [3.63, 3.8) is 0 Å². The molecule has 3 rings (SSSR count). The van der Waals surface area contributed by atoms with Crippen LogP contribution in [-0.4, -0.2) is 58.2 Å². The van der Waals surface area contributed by atoms with E-state index >= 15 is 0 Å². The fraction of sp³-hybridized carbons (Fsp3) is 0.600. The van der Waals surface area contributed by atoms with Gasteiger partial charge in [-0.1, -0.05) is 31.7 Å². The first kappa shape index (κ1) is 16.0. The van der Waals surface area contributed by atoms with E-state index in [2.05, 4.69) is 33.9 Å². The number of aromatic amines is 1. The zero-order valence-corrected chi connectivity index (χ0v) is 14.6. The molecule has 1 N–H and O–H groups in total. The van der Waals surface area contributed by atoms with Gasteiger partial charge in [-0.25, -0.2) is 4.98 Å². The third kappa shape index (κ3) is 4.32. The Morgan fingerprint density at radius 1 is 1.55 bits per heavy atom. The van der Waals surface area contributed by atoms with E-state index in [1.165, 1.54) is 0 Å². The molecule has 0 aliphatic carbocycles. The van der Waals surface area contributed by atoms with Crippen LogP contribution in [0.25, 0.3) is 10.7 Å². The number of hydrogen-bond acceptors (Lipinski definition) is 6. The lowest BCUT2D eigenvalue weighted by atomic mass is 10.2. The van der Waals surface area contributed by atoms with E-state index in [-0.39, 0.29) is 6.10 Å². The molecule has 0 aromatic carbocycles. The van der Waals surface area contributed by atoms with Crippen LogP contribution < -0.4 is 0 Å². The number of nitrogens with one attached hydrogen (secondary N) is 1. The summed E-state index contributed by atoms with van der Waals surface area (Å²) in [6.45, 7) is 8.55. The molecule has 1 fully saturated rings. The summed E-state index contributed by atoms with van der Waals surface area (Å²) in [4.78, 5) is 8.16. The van der Waals surface area contributed by atoms with E-state index in [0.29, 0.717) is 5.92 Å². The molecule has 0 saturated carbocycles. The fourth-order valence-corrected chi connectivity index (χ4v) is 4.03. The molecule has 0 radical (unpaired) electrons. The molecular formula is C15H22N4OS2. The normalized spacial score (nSPS) is 19.9. The van der Waals surface area contributed by atoms with Crippen molar-refractivity contribution in [2.24, 2.45) is 5.92 Å². The summed E-state index contributed by atoms with van der Waals surface area (Å²) in [5.41, 5.74) is 0. The highest BCUT2D eigenvalue weighted by Gasteiger charge is 2.21. The number of thiophene rings is 1. The van der Waals surface area contributed by atoms with Gasteiger partial charge in [0.05, 0.1) is 17.6 Å². The number of aromatic nitrogens is 3. The molecule has 1 aliphatic heterocycles. The van der Waals surface area contributed by atoms with Crippen molar-refractivity contribution in [1.29, 1.82) is 0 Å². The van der Waals surface area contributed by atoms with Gasteiger partial charge >= 0.3 is 0 Å². The maximum Gasteiger partial charge on any atom is 0.208 e. The van der Waals surface area contributed by atoms with Crippen molar-refractivity contribution in [1.82, 2.24) is 20.1 Å². The van der Waals surface area contributed by atoms with Crippen molar-refractivity contribution in [3.05, 3.63) is 17.5 Å². The van der Waals surface area contributed by atoms with Gasteiger partial charge in [0.15, 0.2) is 5.82 Å². The highest BCUT2D eigenvalue weighted by molar-refractivity contribution is 7.99. The quantitative estimate of drug-likeness (QED) is 0.821. The monoisotopic (exact) mass is 338 g/mol. The van der Waals surface area contributed by atoms with Crippen molar-refractivity contribution in [3.8, 4) is 10.7 Å². The summed E-state index contributed by atoms with van der Waals surface area (Å²) in [6.07, 6.45) is 0.265. The van der Waals surface area contributed by atoms with Gasteiger partial charge in [-0.15, -0.1) is 16.4 Å². The van der Waals surface area contributed by atoms with Crippen LogP contribution in [0.4, 0.5) is 0 Å². The lowest BCUT2D eigenvalue weighted by Gasteiger charge is -2.33. The summed E-state index contributed by atoms with van der Waals surface area (Å²) in [5, 5.41) is 10.1. The number of thioether (sulfide) groups is 1. The minimum atomic E-state index is 0.265. The Hall–Kier alpha value is -0.890. The van der Waals surface area contributed by atoms with Crippen LogP contribution in [0.3, 0.4) is 0 Å². The molecule has 0 bridgehead atoms. The van der Waals surface area contributed by atoms with Crippen LogP contribution in [-0.2, 0) is 4.74 Å². The Kier molecular flexibility index (Phi) is 5.51. The highest BCUT2D eigenvalue weighted by atomic mass is 32.2. The van der Waals surface area contributed by atoms with E-state index in [4.69, 9.17) is 4.74 Å². The molecule has 22 heavy (non-hydrogen) atoms. The van der Waals surface area contributed by atoms with Gasteiger partial charge in [0.25, 0.3) is 0 Å². The number of rotatable bonds is 6.